The summed E-state index contributed by atoms with van der Waals surface area (Å²) in [6.45, 7) is 0. The average Bonchev–Trinajstić information content (AvgIpc) is 3.38. The normalized spacial score (nSPS) is 13.8. The van der Waals surface area contributed by atoms with E-state index in [4.69, 9.17) is 11.6 Å². The smallest absolute Gasteiger partial charge is 0.135 e. The lowest BCUT2D eigenvalue weighted by atomic mass is 10.0. The average molecular weight is 475 g/mol. The molecule has 0 nitrogen and oxygen atoms in total. The first-order chi connectivity index (χ1) is 16.3. The predicted molar refractivity (Wildman–Crippen MR) is 147 cm³/mol. The van der Waals surface area contributed by atoms with Crippen LogP contribution in [0, 0.1) is 0 Å². The number of fused-ring (bicyclic) bond motifs is 7. The topological polar surface area (TPSA) is 0 Å². The Hall–Kier alpha value is -3.17. The van der Waals surface area contributed by atoms with E-state index in [1.807, 2.05) is 11.3 Å². The van der Waals surface area contributed by atoms with E-state index < -0.39 is 8.07 Å². The largest absolute Gasteiger partial charge is 0.180 e. The van der Waals surface area contributed by atoms with E-state index in [9.17, 15) is 0 Å². The monoisotopic (exact) mass is 474 g/mol. The molecule has 0 amide bonds. The molecule has 0 aliphatic carbocycles. The van der Waals surface area contributed by atoms with Gasteiger partial charge >= 0.3 is 0 Å². The number of thiophene rings is 1. The highest BCUT2D eigenvalue weighted by atomic mass is 35.5. The molecule has 1 aliphatic rings. The molecule has 0 unspecified atom stereocenters. The van der Waals surface area contributed by atoms with Gasteiger partial charge in [-0.15, -0.1) is 11.3 Å². The van der Waals surface area contributed by atoms with Crippen molar-refractivity contribution in [1.29, 1.82) is 0 Å². The van der Waals surface area contributed by atoms with Gasteiger partial charge in [0.2, 0.25) is 0 Å². The lowest BCUT2D eigenvalue weighted by Gasteiger charge is -2.31. The fourth-order valence-electron chi connectivity index (χ4n) is 5.72. The molecule has 1 aromatic heterocycles. The van der Waals surface area contributed by atoms with Gasteiger partial charge in [-0.05, 0) is 50.1 Å². The Kier molecular flexibility index (Phi) is 4.19. The minimum absolute atomic E-state index is 0.804. The van der Waals surface area contributed by atoms with Gasteiger partial charge in [0.05, 0.1) is 0 Å². The molecule has 0 bridgehead atoms. The maximum atomic E-state index is 6.68. The number of rotatable bonds is 2. The number of halogens is 1. The standard InChI is InChI=1S/C30H19ClSSi/c31-20-15-16-25-28(19-20)33(21-9-3-1-4-10-21,22-11-5-2-6-12-22)27-18-17-24-23-13-7-8-14-26(23)32-30(24)29(25)27/h1-19H. The van der Waals surface area contributed by atoms with Gasteiger partial charge < -0.3 is 0 Å². The molecule has 3 heteroatoms. The molecule has 0 saturated heterocycles. The van der Waals surface area contributed by atoms with Crippen molar-refractivity contribution in [2.45, 2.75) is 0 Å². The summed E-state index contributed by atoms with van der Waals surface area (Å²) in [7, 11) is -2.50. The first kappa shape index (κ1) is 19.3. The van der Waals surface area contributed by atoms with Crippen molar-refractivity contribution < 1.29 is 0 Å². The molecule has 0 atom stereocenters. The van der Waals surface area contributed by atoms with Crippen LogP contribution in [0.5, 0.6) is 0 Å². The zero-order valence-electron chi connectivity index (χ0n) is 17.8. The summed E-state index contributed by atoms with van der Waals surface area (Å²) in [5, 5.41) is 9.16. The van der Waals surface area contributed by atoms with Crippen LogP contribution in [0.25, 0.3) is 31.3 Å². The molecule has 6 aromatic rings. The van der Waals surface area contributed by atoms with Gasteiger partial charge in [0.25, 0.3) is 0 Å². The highest BCUT2D eigenvalue weighted by Crippen LogP contribution is 2.42. The third-order valence-electron chi connectivity index (χ3n) is 7.02. The second kappa shape index (κ2) is 7.16. The van der Waals surface area contributed by atoms with Crippen LogP contribution >= 0.6 is 22.9 Å². The molecule has 1 aliphatic heterocycles. The van der Waals surface area contributed by atoms with E-state index in [1.54, 1.807) is 0 Å². The fourth-order valence-corrected chi connectivity index (χ4v) is 12.5. The molecular formula is C30H19ClSSi. The van der Waals surface area contributed by atoms with E-state index in [0.717, 1.165) is 5.02 Å². The van der Waals surface area contributed by atoms with Crippen LogP contribution in [0.3, 0.4) is 0 Å². The summed E-state index contributed by atoms with van der Waals surface area (Å²) in [6, 6.07) is 42.2. The van der Waals surface area contributed by atoms with Crippen molar-refractivity contribution in [1.82, 2.24) is 0 Å². The highest BCUT2D eigenvalue weighted by Gasteiger charge is 2.49. The molecule has 0 spiro atoms. The van der Waals surface area contributed by atoms with Gasteiger partial charge in [-0.1, -0.05) is 109 Å². The Morgan fingerprint density at radius 2 is 1.24 bits per heavy atom. The van der Waals surface area contributed by atoms with Crippen LogP contribution in [0.15, 0.2) is 115 Å². The summed E-state index contributed by atoms with van der Waals surface area (Å²) in [6.07, 6.45) is 0. The number of hydrogen-bond donors (Lipinski definition) is 0. The lowest BCUT2D eigenvalue weighted by Crippen LogP contribution is -2.72. The van der Waals surface area contributed by atoms with Crippen LogP contribution in [0.1, 0.15) is 0 Å². The van der Waals surface area contributed by atoms with E-state index in [2.05, 4.69) is 115 Å². The maximum absolute atomic E-state index is 6.68. The third kappa shape index (κ3) is 2.57. The molecular weight excluding hydrogens is 456 g/mol. The van der Waals surface area contributed by atoms with Crippen molar-refractivity contribution in [2.24, 2.45) is 0 Å². The van der Waals surface area contributed by atoms with Gasteiger partial charge in [-0.25, -0.2) is 0 Å². The molecule has 0 fully saturated rings. The summed E-state index contributed by atoms with van der Waals surface area (Å²) < 4.78 is 2.73. The molecule has 0 N–H and O–H groups in total. The van der Waals surface area contributed by atoms with Gasteiger partial charge in [0, 0.05) is 25.2 Å². The Balaban J connectivity index is 1.72. The Morgan fingerprint density at radius 3 is 1.97 bits per heavy atom. The summed E-state index contributed by atoms with van der Waals surface area (Å²) in [5.41, 5.74) is 2.74. The van der Waals surface area contributed by atoms with Crippen LogP contribution in [-0.4, -0.2) is 8.07 Å². The minimum Gasteiger partial charge on any atom is -0.135 e. The summed E-state index contributed by atoms with van der Waals surface area (Å²) >= 11 is 8.59. The Labute approximate surface area is 202 Å². The van der Waals surface area contributed by atoms with Crippen LogP contribution in [-0.2, 0) is 0 Å². The van der Waals surface area contributed by atoms with Crippen molar-refractivity contribution in [3.63, 3.8) is 0 Å². The highest BCUT2D eigenvalue weighted by molar-refractivity contribution is 7.28. The molecule has 0 radical (unpaired) electrons. The van der Waals surface area contributed by atoms with E-state index >= 15 is 0 Å². The molecule has 5 aromatic carbocycles. The fraction of sp³-hybridized carbons (Fsp3) is 0. The zero-order valence-corrected chi connectivity index (χ0v) is 20.3. The second-order valence-corrected chi connectivity index (χ2v) is 13.9. The van der Waals surface area contributed by atoms with Crippen molar-refractivity contribution in [2.75, 3.05) is 0 Å². The minimum atomic E-state index is -2.50. The SMILES string of the molecule is Clc1ccc2c(c1)[Si](c1ccccc1)(c1ccccc1)c1ccc3c(sc4ccccc43)c1-2. The zero-order chi connectivity index (χ0) is 22.0. The Bertz CT molecular complexity index is 1630. The van der Waals surface area contributed by atoms with Gasteiger partial charge in [0.15, 0.2) is 8.07 Å². The van der Waals surface area contributed by atoms with E-state index in [1.165, 1.54) is 52.0 Å². The van der Waals surface area contributed by atoms with Crippen molar-refractivity contribution in [3.05, 3.63) is 120 Å². The Morgan fingerprint density at radius 1 is 0.576 bits per heavy atom. The second-order valence-electron chi connectivity index (χ2n) is 8.63. The van der Waals surface area contributed by atoms with Gasteiger partial charge in [-0.2, -0.15) is 0 Å². The summed E-state index contributed by atoms with van der Waals surface area (Å²) in [5.74, 6) is 0. The van der Waals surface area contributed by atoms with Crippen LogP contribution in [0.4, 0.5) is 0 Å². The van der Waals surface area contributed by atoms with Crippen molar-refractivity contribution in [3.8, 4) is 11.1 Å². The molecule has 7 rings (SSSR count). The molecule has 156 valence electrons. The van der Waals surface area contributed by atoms with Crippen LogP contribution < -0.4 is 20.7 Å². The van der Waals surface area contributed by atoms with Gasteiger partial charge in [-0.3, -0.25) is 0 Å². The first-order valence-corrected chi connectivity index (χ1v) is 14.3. The molecule has 0 saturated carbocycles. The molecule has 33 heavy (non-hydrogen) atoms. The third-order valence-corrected chi connectivity index (χ3v) is 13.3. The lowest BCUT2D eigenvalue weighted by molar-refractivity contribution is 1.70. The summed E-state index contributed by atoms with van der Waals surface area (Å²) in [4.78, 5) is 0. The maximum Gasteiger partial charge on any atom is 0.180 e. The van der Waals surface area contributed by atoms with E-state index in [0.29, 0.717) is 0 Å². The predicted octanol–water partition coefficient (Wildman–Crippen LogP) is 6.07. The van der Waals surface area contributed by atoms with Crippen LogP contribution in [0.2, 0.25) is 5.02 Å². The number of hydrogen-bond acceptors (Lipinski definition) is 1. The molecule has 2 heterocycles. The number of benzene rings is 5. The van der Waals surface area contributed by atoms with Crippen molar-refractivity contribution >= 4 is 71.9 Å². The van der Waals surface area contributed by atoms with Gasteiger partial charge in [0.1, 0.15) is 0 Å². The van der Waals surface area contributed by atoms with E-state index in [-0.39, 0.29) is 0 Å². The quantitative estimate of drug-likeness (QED) is 0.267. The first-order valence-electron chi connectivity index (χ1n) is 11.1.